The first-order valence-electron chi connectivity index (χ1n) is 12.8. The molecule has 3 aliphatic rings. The van der Waals surface area contributed by atoms with Crippen LogP contribution in [-0.4, -0.2) is 29.4 Å². The minimum Gasteiger partial charge on any atom is -0.352 e. The van der Waals surface area contributed by atoms with E-state index in [1.165, 1.54) is 12.1 Å². The Bertz CT molecular complexity index is 1760. The van der Waals surface area contributed by atoms with Crippen LogP contribution in [0.15, 0.2) is 97.1 Å². The maximum Gasteiger partial charge on any atom is 0.187 e. The zero-order valence-corrected chi connectivity index (χ0v) is 22.4. The summed E-state index contributed by atoms with van der Waals surface area (Å²) in [5, 5.41) is 0.670. The molecule has 0 unspecified atom stereocenters. The summed E-state index contributed by atoms with van der Waals surface area (Å²) in [5.41, 5.74) is 0.931. The van der Waals surface area contributed by atoms with E-state index < -0.39 is 29.2 Å². The lowest BCUT2D eigenvalue weighted by atomic mass is 9.64. The quantitative estimate of drug-likeness (QED) is 0.190. The molecular weight excluding hydrogens is 548 g/mol. The average molecular weight is 568 g/mol. The van der Waals surface area contributed by atoms with Crippen molar-refractivity contribution in [3.63, 3.8) is 0 Å². The highest BCUT2D eigenvalue weighted by molar-refractivity contribution is 6.35. The molecule has 4 aromatic carbocycles. The summed E-state index contributed by atoms with van der Waals surface area (Å²) < 4.78 is 14.3. The standard InChI is InChI=1S/C33H20Cl2FNO3/c34-20-7-5-6-19(16-20)28-29(30(38)24-10-3-4-11-25(24)35)37-26-14-13-21(36)17-18(26)12-15-27(37)33(28)31(39)22-8-1-2-9-23(22)32(33)40/h1-17,27-29H/t27-,28-,29+/m1/s1. The highest BCUT2D eigenvalue weighted by Gasteiger charge is 2.71. The molecular formula is C33H20Cl2FNO3. The summed E-state index contributed by atoms with van der Waals surface area (Å²) >= 11 is 13.0. The van der Waals surface area contributed by atoms with E-state index in [0.717, 1.165) is 0 Å². The fourth-order valence-electron chi connectivity index (χ4n) is 6.84. The van der Waals surface area contributed by atoms with Crippen LogP contribution >= 0.6 is 23.2 Å². The predicted octanol–water partition coefficient (Wildman–Crippen LogP) is 7.45. The molecule has 40 heavy (non-hydrogen) atoms. The van der Waals surface area contributed by atoms with Crippen LogP contribution in [0.2, 0.25) is 10.0 Å². The zero-order valence-electron chi connectivity index (χ0n) is 20.9. The van der Waals surface area contributed by atoms with Crippen LogP contribution in [0.4, 0.5) is 10.1 Å². The molecule has 196 valence electrons. The minimum atomic E-state index is -1.67. The average Bonchev–Trinajstić information content (AvgIpc) is 3.39. The third-order valence-electron chi connectivity index (χ3n) is 8.38. The van der Waals surface area contributed by atoms with E-state index in [9.17, 15) is 18.8 Å². The van der Waals surface area contributed by atoms with Crippen molar-refractivity contribution in [1.29, 1.82) is 0 Å². The van der Waals surface area contributed by atoms with Crippen LogP contribution in [0.25, 0.3) is 6.08 Å². The smallest absolute Gasteiger partial charge is 0.187 e. The van der Waals surface area contributed by atoms with Gasteiger partial charge in [0.2, 0.25) is 0 Å². The van der Waals surface area contributed by atoms with Crippen molar-refractivity contribution in [1.82, 2.24) is 0 Å². The summed E-state index contributed by atoms with van der Waals surface area (Å²) in [6, 6.07) is 22.9. The first kappa shape index (κ1) is 24.9. The van der Waals surface area contributed by atoms with Gasteiger partial charge in [-0.25, -0.2) is 4.39 Å². The van der Waals surface area contributed by atoms with Crippen LogP contribution in [-0.2, 0) is 0 Å². The van der Waals surface area contributed by atoms with Crippen LogP contribution < -0.4 is 4.90 Å². The summed E-state index contributed by atoms with van der Waals surface area (Å²) in [6.45, 7) is 0. The monoisotopic (exact) mass is 567 g/mol. The molecule has 0 N–H and O–H groups in total. The first-order valence-corrected chi connectivity index (χ1v) is 13.6. The van der Waals surface area contributed by atoms with E-state index in [4.69, 9.17) is 23.2 Å². The van der Waals surface area contributed by atoms with Gasteiger partial charge < -0.3 is 4.90 Å². The van der Waals surface area contributed by atoms with Gasteiger partial charge in [0.25, 0.3) is 0 Å². The van der Waals surface area contributed by atoms with Crippen molar-refractivity contribution < 1.29 is 18.8 Å². The number of halogens is 3. The molecule has 1 saturated heterocycles. The number of fused-ring (bicyclic) bond motifs is 5. The fourth-order valence-corrected chi connectivity index (χ4v) is 7.27. The van der Waals surface area contributed by atoms with E-state index in [2.05, 4.69) is 0 Å². The van der Waals surface area contributed by atoms with E-state index in [1.807, 2.05) is 4.90 Å². The molecule has 0 bridgehead atoms. The van der Waals surface area contributed by atoms with Gasteiger partial charge in [-0.15, -0.1) is 0 Å². The molecule has 2 aliphatic heterocycles. The Hall–Kier alpha value is -4.06. The maximum atomic E-state index is 14.6. The Kier molecular flexibility index (Phi) is 5.60. The van der Waals surface area contributed by atoms with E-state index >= 15 is 0 Å². The highest BCUT2D eigenvalue weighted by atomic mass is 35.5. The Morgan fingerprint density at radius 3 is 2.23 bits per heavy atom. The lowest BCUT2D eigenvalue weighted by Gasteiger charge is -2.37. The number of ketones is 3. The Balaban J connectivity index is 1.57. The summed E-state index contributed by atoms with van der Waals surface area (Å²) in [5.74, 6) is -2.40. The molecule has 4 aromatic rings. The maximum absolute atomic E-state index is 14.6. The molecule has 3 atom stereocenters. The lowest BCUT2D eigenvalue weighted by Crippen LogP contribution is -2.48. The molecule has 7 rings (SSSR count). The van der Waals surface area contributed by atoms with Gasteiger partial charge in [-0.05, 0) is 48.0 Å². The fraction of sp³-hybridized carbons (Fsp3) is 0.121. The number of carbonyl (C=O) groups excluding carboxylic acids is 3. The Morgan fingerprint density at radius 1 is 0.825 bits per heavy atom. The summed E-state index contributed by atoms with van der Waals surface area (Å²) in [6.07, 6.45) is 3.48. The molecule has 0 saturated carbocycles. The van der Waals surface area contributed by atoms with Crippen LogP contribution in [0.5, 0.6) is 0 Å². The molecule has 1 aliphatic carbocycles. The van der Waals surface area contributed by atoms with E-state index in [0.29, 0.717) is 33.0 Å². The second-order valence-electron chi connectivity index (χ2n) is 10.3. The van der Waals surface area contributed by atoms with Crippen molar-refractivity contribution >= 4 is 52.3 Å². The zero-order chi connectivity index (χ0) is 27.8. The predicted molar refractivity (Wildman–Crippen MR) is 153 cm³/mol. The summed E-state index contributed by atoms with van der Waals surface area (Å²) in [4.78, 5) is 45.6. The van der Waals surface area contributed by atoms with Gasteiger partial charge in [-0.3, -0.25) is 14.4 Å². The number of nitrogens with zero attached hydrogens (tertiary/aromatic N) is 1. The van der Waals surface area contributed by atoms with Crippen molar-refractivity contribution in [2.24, 2.45) is 5.41 Å². The number of hydrogen-bond donors (Lipinski definition) is 0. The number of anilines is 1. The van der Waals surface area contributed by atoms with Gasteiger partial charge in [-0.1, -0.05) is 83.9 Å². The van der Waals surface area contributed by atoms with Gasteiger partial charge in [-0.2, -0.15) is 0 Å². The SMILES string of the molecule is O=C(c1ccccc1Cl)[C@@H]1[C@@H](c2cccc(Cl)c2)C2(C(=O)c3ccccc3C2=O)[C@H]2C=Cc3cc(F)ccc3N12. The number of rotatable bonds is 3. The molecule has 1 spiro atoms. The van der Waals surface area contributed by atoms with Crippen molar-refractivity contribution in [3.8, 4) is 0 Å². The molecule has 1 fully saturated rings. The van der Waals surface area contributed by atoms with Gasteiger partial charge in [0.15, 0.2) is 17.3 Å². The third-order valence-corrected chi connectivity index (χ3v) is 8.95. The number of hydrogen-bond acceptors (Lipinski definition) is 4. The Labute approximate surface area is 239 Å². The normalized spacial score (nSPS) is 21.9. The van der Waals surface area contributed by atoms with Crippen LogP contribution in [0.3, 0.4) is 0 Å². The van der Waals surface area contributed by atoms with Gasteiger partial charge in [0.05, 0.1) is 11.1 Å². The molecule has 2 heterocycles. The number of carbonyl (C=O) groups is 3. The van der Waals surface area contributed by atoms with Crippen LogP contribution in [0, 0.1) is 11.2 Å². The molecule has 4 nitrogen and oxygen atoms in total. The van der Waals surface area contributed by atoms with E-state index in [1.54, 1.807) is 91.0 Å². The Morgan fingerprint density at radius 2 is 1.52 bits per heavy atom. The van der Waals surface area contributed by atoms with Crippen molar-refractivity contribution in [2.45, 2.75) is 18.0 Å². The van der Waals surface area contributed by atoms with Crippen molar-refractivity contribution in [2.75, 3.05) is 4.90 Å². The first-order chi connectivity index (χ1) is 19.3. The van der Waals surface area contributed by atoms with Gasteiger partial charge >= 0.3 is 0 Å². The highest BCUT2D eigenvalue weighted by Crippen LogP contribution is 2.61. The molecule has 0 radical (unpaired) electrons. The molecule has 0 aromatic heterocycles. The summed E-state index contributed by atoms with van der Waals surface area (Å²) in [7, 11) is 0. The number of benzene rings is 4. The van der Waals surface area contributed by atoms with Crippen LogP contribution in [0.1, 0.15) is 48.1 Å². The van der Waals surface area contributed by atoms with E-state index in [-0.39, 0.29) is 27.9 Å². The van der Waals surface area contributed by atoms with Gasteiger partial charge in [0.1, 0.15) is 17.3 Å². The van der Waals surface area contributed by atoms with Gasteiger partial charge in [0, 0.05) is 38.9 Å². The largest absolute Gasteiger partial charge is 0.352 e. The molecule has 7 heteroatoms. The second kappa shape index (κ2) is 8.98. The number of Topliss-reactive ketones (excluding diaryl/α,β-unsaturated/α-hetero) is 3. The van der Waals surface area contributed by atoms with Crippen molar-refractivity contribution in [3.05, 3.63) is 141 Å². The second-order valence-corrected chi connectivity index (χ2v) is 11.2. The third kappa shape index (κ3) is 3.28. The topological polar surface area (TPSA) is 54.5 Å². The lowest BCUT2D eigenvalue weighted by molar-refractivity contribution is 0.0666. The minimum absolute atomic E-state index is 0.258. The molecule has 0 amide bonds.